The number of esters is 3. The van der Waals surface area contributed by atoms with Gasteiger partial charge in [0.2, 0.25) is 0 Å². The van der Waals surface area contributed by atoms with E-state index in [1.807, 2.05) is 0 Å². The quantitative estimate of drug-likeness (QED) is 0.0261. The van der Waals surface area contributed by atoms with Crippen LogP contribution in [0.2, 0.25) is 0 Å². The number of unbranched alkanes of at least 4 members (excludes halogenated alkanes) is 26. The number of carbonyl (C=O) groups excluding carboxylic acids is 3. The fourth-order valence-electron chi connectivity index (χ4n) is 8.12. The Morgan fingerprint density at radius 3 is 0.873 bits per heavy atom. The summed E-state index contributed by atoms with van der Waals surface area (Å²) in [4.78, 5) is 38.2. The van der Waals surface area contributed by atoms with Gasteiger partial charge in [-0.05, 0) is 103 Å². The van der Waals surface area contributed by atoms with E-state index in [9.17, 15) is 14.4 Å². The van der Waals surface area contributed by atoms with Gasteiger partial charge in [0.25, 0.3) is 0 Å². The fourth-order valence-corrected chi connectivity index (χ4v) is 8.12. The smallest absolute Gasteiger partial charge is 0.306 e. The Kier molecular flexibility index (Phi) is 55.9. The Morgan fingerprint density at radius 1 is 0.296 bits per heavy atom. The molecule has 0 aliphatic carbocycles. The predicted molar refractivity (Wildman–Crippen MR) is 307 cm³/mol. The molecular formula is C65H110O6. The van der Waals surface area contributed by atoms with Crippen molar-refractivity contribution in [3.8, 4) is 0 Å². The number of carbonyl (C=O) groups is 3. The minimum Gasteiger partial charge on any atom is -0.462 e. The van der Waals surface area contributed by atoms with Crippen molar-refractivity contribution in [1.29, 1.82) is 0 Å². The van der Waals surface area contributed by atoms with E-state index in [1.165, 1.54) is 122 Å². The maximum absolute atomic E-state index is 12.9. The standard InChI is InChI=1S/C65H110O6/c1-4-7-10-13-16-19-22-24-26-28-30-31-32-33-35-36-38-40-43-46-49-52-55-58-64(67)70-61-62(60-69-63(66)57-54-51-48-45-42-21-18-15-12-9-6-3)71-65(68)59-56-53-50-47-44-41-39-37-34-29-27-25-23-20-17-14-11-8-5-2/h8,11,17,20,22,24-25,27-28,30,32-34,37,41,44,62H,4-7,9-10,12-16,18-19,21,23,26,29,31,35-36,38-40,42-43,45-61H2,1-3H3/b11-8-,20-17-,24-22-,27-25-,30-28-,33-32-,37-34-,44-41-. The number of rotatable bonds is 53. The Labute approximate surface area is 438 Å². The van der Waals surface area contributed by atoms with Crippen molar-refractivity contribution in [3.05, 3.63) is 97.2 Å². The molecule has 0 aromatic carbocycles. The van der Waals surface area contributed by atoms with Gasteiger partial charge in [0.15, 0.2) is 6.10 Å². The van der Waals surface area contributed by atoms with Gasteiger partial charge in [-0.15, -0.1) is 0 Å². The van der Waals surface area contributed by atoms with E-state index in [4.69, 9.17) is 14.2 Å². The van der Waals surface area contributed by atoms with Gasteiger partial charge in [0.1, 0.15) is 13.2 Å². The van der Waals surface area contributed by atoms with Crippen LogP contribution >= 0.6 is 0 Å². The minimum atomic E-state index is -0.798. The molecule has 71 heavy (non-hydrogen) atoms. The van der Waals surface area contributed by atoms with Crippen LogP contribution in [-0.2, 0) is 28.6 Å². The summed E-state index contributed by atoms with van der Waals surface area (Å²) in [5.41, 5.74) is 0. The van der Waals surface area contributed by atoms with Crippen LogP contribution in [0.1, 0.15) is 278 Å². The van der Waals surface area contributed by atoms with E-state index in [2.05, 4.69) is 118 Å². The van der Waals surface area contributed by atoms with Gasteiger partial charge >= 0.3 is 17.9 Å². The lowest BCUT2D eigenvalue weighted by atomic mass is 10.1. The van der Waals surface area contributed by atoms with Gasteiger partial charge in [-0.2, -0.15) is 0 Å². The lowest BCUT2D eigenvalue weighted by molar-refractivity contribution is -0.167. The molecule has 0 aromatic rings. The van der Waals surface area contributed by atoms with Crippen LogP contribution < -0.4 is 0 Å². The van der Waals surface area contributed by atoms with Crippen LogP contribution in [0.5, 0.6) is 0 Å². The first-order valence-electron chi connectivity index (χ1n) is 29.7. The zero-order valence-electron chi connectivity index (χ0n) is 46.5. The second-order valence-corrected chi connectivity index (χ2v) is 19.5. The van der Waals surface area contributed by atoms with Crippen molar-refractivity contribution in [2.45, 2.75) is 284 Å². The van der Waals surface area contributed by atoms with Crippen molar-refractivity contribution in [3.63, 3.8) is 0 Å². The van der Waals surface area contributed by atoms with Gasteiger partial charge in [-0.3, -0.25) is 14.4 Å². The Hall–Kier alpha value is -3.67. The molecule has 0 aliphatic rings. The Bertz CT molecular complexity index is 1410. The van der Waals surface area contributed by atoms with E-state index in [1.54, 1.807) is 0 Å². The molecule has 0 fully saturated rings. The van der Waals surface area contributed by atoms with E-state index in [-0.39, 0.29) is 37.5 Å². The summed E-state index contributed by atoms with van der Waals surface area (Å²) < 4.78 is 16.8. The summed E-state index contributed by atoms with van der Waals surface area (Å²) in [6.07, 6.45) is 78.3. The van der Waals surface area contributed by atoms with Crippen LogP contribution in [-0.4, -0.2) is 37.2 Å². The second-order valence-electron chi connectivity index (χ2n) is 19.5. The summed E-state index contributed by atoms with van der Waals surface area (Å²) in [5.74, 6) is -0.928. The topological polar surface area (TPSA) is 78.9 Å². The van der Waals surface area contributed by atoms with Crippen molar-refractivity contribution in [2.24, 2.45) is 0 Å². The first-order chi connectivity index (χ1) is 35.0. The number of hydrogen-bond donors (Lipinski definition) is 0. The van der Waals surface area contributed by atoms with Crippen LogP contribution in [0.3, 0.4) is 0 Å². The number of hydrogen-bond acceptors (Lipinski definition) is 6. The van der Waals surface area contributed by atoms with E-state index in [0.717, 1.165) is 116 Å². The summed E-state index contributed by atoms with van der Waals surface area (Å²) in [7, 11) is 0. The van der Waals surface area contributed by atoms with E-state index >= 15 is 0 Å². The van der Waals surface area contributed by atoms with Gasteiger partial charge in [0, 0.05) is 19.3 Å². The molecule has 1 unspecified atom stereocenters. The van der Waals surface area contributed by atoms with Crippen LogP contribution in [0.4, 0.5) is 0 Å². The Morgan fingerprint density at radius 2 is 0.549 bits per heavy atom. The first kappa shape index (κ1) is 67.3. The molecule has 0 amide bonds. The molecule has 0 saturated heterocycles. The SMILES string of the molecule is CC/C=C\C/C=C\C/C=C\C/C=C\C/C=C\CCCCCC(=O)OC(COC(=O)CCCCCCCCCC/C=C\C/C=C\C/C=C\CCCCCCC)COC(=O)CCCCCCCCCCCCC. The molecule has 0 saturated carbocycles. The van der Waals surface area contributed by atoms with E-state index < -0.39 is 6.10 Å². The monoisotopic (exact) mass is 987 g/mol. The van der Waals surface area contributed by atoms with Crippen molar-refractivity contribution in [1.82, 2.24) is 0 Å². The zero-order chi connectivity index (χ0) is 51.4. The van der Waals surface area contributed by atoms with Crippen molar-refractivity contribution >= 4 is 17.9 Å². The van der Waals surface area contributed by atoms with Crippen LogP contribution in [0.15, 0.2) is 97.2 Å². The molecule has 6 nitrogen and oxygen atoms in total. The average molecular weight is 988 g/mol. The highest BCUT2D eigenvalue weighted by Gasteiger charge is 2.19. The molecule has 6 heteroatoms. The molecule has 0 bridgehead atoms. The predicted octanol–water partition coefficient (Wildman–Crippen LogP) is 20.1. The second kappa shape index (κ2) is 58.9. The largest absolute Gasteiger partial charge is 0.462 e. The lowest BCUT2D eigenvalue weighted by Crippen LogP contribution is -2.30. The third kappa shape index (κ3) is 57.1. The molecule has 0 aliphatic heterocycles. The molecule has 0 spiro atoms. The number of ether oxygens (including phenoxy) is 3. The average Bonchev–Trinajstić information content (AvgIpc) is 3.37. The number of allylic oxidation sites excluding steroid dienone is 16. The highest BCUT2D eigenvalue weighted by Crippen LogP contribution is 2.15. The molecular weight excluding hydrogens is 877 g/mol. The first-order valence-corrected chi connectivity index (χ1v) is 29.7. The maximum atomic E-state index is 12.9. The van der Waals surface area contributed by atoms with Gasteiger partial charge in [-0.25, -0.2) is 0 Å². The highest BCUT2D eigenvalue weighted by atomic mass is 16.6. The molecule has 406 valence electrons. The summed E-state index contributed by atoms with van der Waals surface area (Å²) in [6, 6.07) is 0. The molecule has 0 radical (unpaired) electrons. The fraction of sp³-hybridized carbons (Fsp3) is 0.708. The zero-order valence-corrected chi connectivity index (χ0v) is 46.5. The molecule has 0 heterocycles. The van der Waals surface area contributed by atoms with E-state index in [0.29, 0.717) is 12.8 Å². The van der Waals surface area contributed by atoms with Crippen molar-refractivity contribution < 1.29 is 28.6 Å². The summed E-state index contributed by atoms with van der Waals surface area (Å²) in [6.45, 7) is 6.48. The third-order valence-corrected chi connectivity index (χ3v) is 12.6. The molecule has 0 aromatic heterocycles. The van der Waals surface area contributed by atoms with Crippen molar-refractivity contribution in [2.75, 3.05) is 13.2 Å². The minimum absolute atomic E-state index is 0.0922. The Balaban J connectivity index is 4.39. The highest BCUT2D eigenvalue weighted by molar-refractivity contribution is 5.71. The lowest BCUT2D eigenvalue weighted by Gasteiger charge is -2.18. The van der Waals surface area contributed by atoms with Gasteiger partial charge < -0.3 is 14.2 Å². The molecule has 0 rings (SSSR count). The summed E-state index contributed by atoms with van der Waals surface area (Å²) >= 11 is 0. The van der Waals surface area contributed by atoms with Gasteiger partial charge in [0.05, 0.1) is 0 Å². The third-order valence-electron chi connectivity index (χ3n) is 12.6. The van der Waals surface area contributed by atoms with Crippen LogP contribution in [0, 0.1) is 0 Å². The van der Waals surface area contributed by atoms with Gasteiger partial charge in [-0.1, -0.05) is 253 Å². The summed E-state index contributed by atoms with van der Waals surface area (Å²) in [5, 5.41) is 0. The maximum Gasteiger partial charge on any atom is 0.306 e. The molecule has 1 atom stereocenters. The molecule has 0 N–H and O–H groups in total. The normalized spacial score (nSPS) is 12.8. The van der Waals surface area contributed by atoms with Crippen LogP contribution in [0.25, 0.3) is 0 Å².